The molecular formula is C26H33F5N6O4. The molecule has 0 spiro atoms. The number of ether oxygens (including phenoxy) is 2. The maximum absolute atomic E-state index is 13.3. The van der Waals surface area contributed by atoms with E-state index in [4.69, 9.17) is 9.47 Å². The van der Waals surface area contributed by atoms with E-state index in [0.29, 0.717) is 29.7 Å². The lowest BCUT2D eigenvalue weighted by molar-refractivity contribution is -0.150. The van der Waals surface area contributed by atoms with Crippen molar-refractivity contribution in [2.75, 3.05) is 20.3 Å². The van der Waals surface area contributed by atoms with Gasteiger partial charge in [-0.25, -0.2) is 19.1 Å². The Morgan fingerprint density at radius 1 is 1.22 bits per heavy atom. The number of hydrogen-bond donors (Lipinski definition) is 2. The van der Waals surface area contributed by atoms with Crippen molar-refractivity contribution < 1.29 is 41.0 Å². The molecule has 41 heavy (non-hydrogen) atoms. The third-order valence-electron chi connectivity index (χ3n) is 7.14. The predicted octanol–water partition coefficient (Wildman–Crippen LogP) is 5.28. The lowest BCUT2D eigenvalue weighted by Gasteiger charge is -2.31. The van der Waals surface area contributed by atoms with Gasteiger partial charge in [0.1, 0.15) is 11.6 Å². The number of urea groups is 1. The number of fused-ring (bicyclic) bond motifs is 1. The first-order chi connectivity index (χ1) is 19.2. The number of hydrogen-bond acceptors (Lipinski definition) is 6. The molecule has 3 amide bonds. The molecule has 1 aliphatic carbocycles. The molecule has 4 rings (SSSR count). The number of rotatable bonds is 7. The molecule has 0 radical (unpaired) electrons. The van der Waals surface area contributed by atoms with Crippen LogP contribution in [-0.4, -0.2) is 69.7 Å². The molecule has 3 heterocycles. The maximum Gasteiger partial charge on any atom is 0.410 e. The van der Waals surface area contributed by atoms with Gasteiger partial charge in [-0.15, -0.1) is 0 Å². The van der Waals surface area contributed by atoms with E-state index in [1.807, 2.05) is 5.32 Å². The SMILES string of the molecule is COC[C@H](c1cnn2cc([C@@H](NC(=O)OC(C)(C)C)C3CCC(=C(F)F)CC3)nc2c1)N1C[C@@H](C(F)(F)F)NC1=O. The molecule has 0 unspecified atom stereocenters. The van der Waals surface area contributed by atoms with Crippen LogP contribution in [0.3, 0.4) is 0 Å². The summed E-state index contributed by atoms with van der Waals surface area (Å²) >= 11 is 0. The van der Waals surface area contributed by atoms with Crippen LogP contribution in [0.1, 0.15) is 69.8 Å². The van der Waals surface area contributed by atoms with Gasteiger partial charge in [0.2, 0.25) is 0 Å². The highest BCUT2D eigenvalue weighted by atomic mass is 19.4. The Labute approximate surface area is 233 Å². The molecule has 15 heteroatoms. The van der Waals surface area contributed by atoms with Crippen molar-refractivity contribution in [3.63, 3.8) is 0 Å². The van der Waals surface area contributed by atoms with E-state index in [-0.39, 0.29) is 30.9 Å². The first-order valence-corrected chi connectivity index (χ1v) is 13.2. The van der Waals surface area contributed by atoms with Crippen molar-refractivity contribution in [1.82, 2.24) is 30.1 Å². The van der Waals surface area contributed by atoms with Crippen LogP contribution >= 0.6 is 0 Å². The van der Waals surface area contributed by atoms with Crippen LogP contribution in [0.2, 0.25) is 0 Å². The van der Waals surface area contributed by atoms with E-state index < -0.39 is 54.7 Å². The number of nitrogens with one attached hydrogen (secondary N) is 2. The first-order valence-electron chi connectivity index (χ1n) is 13.2. The van der Waals surface area contributed by atoms with Gasteiger partial charge in [0.15, 0.2) is 5.65 Å². The minimum Gasteiger partial charge on any atom is -0.444 e. The van der Waals surface area contributed by atoms with E-state index in [0.717, 1.165) is 4.90 Å². The standard InChI is InChI=1S/C26H33F5N6O4/c1-25(2,3)41-24(39)35-21(14-5-7-15(8-6-14)22(27)28)17-11-37-20(33-17)9-16(10-32-37)18(13-40-4)36-12-19(26(29,30)31)34-23(36)38/h9-11,14,18-19,21H,5-8,12-13H2,1-4H3,(H,34,38)(H,35,39)/t18-,19+,21+/m1/s1. The fourth-order valence-corrected chi connectivity index (χ4v) is 5.16. The van der Waals surface area contributed by atoms with Gasteiger partial charge in [-0.2, -0.15) is 27.1 Å². The van der Waals surface area contributed by atoms with Gasteiger partial charge in [-0.3, -0.25) is 0 Å². The molecule has 226 valence electrons. The second kappa shape index (κ2) is 11.8. The number of amides is 3. The van der Waals surface area contributed by atoms with Crippen LogP contribution in [-0.2, 0) is 9.47 Å². The normalized spacial score (nSPS) is 21.5. The number of methoxy groups -OCH3 is 1. The van der Waals surface area contributed by atoms with Gasteiger partial charge >= 0.3 is 18.3 Å². The Bertz CT molecular complexity index is 1290. The van der Waals surface area contributed by atoms with Crippen LogP contribution in [0.5, 0.6) is 0 Å². The van der Waals surface area contributed by atoms with Crippen LogP contribution in [0.15, 0.2) is 30.1 Å². The quantitative estimate of drug-likeness (QED) is 0.426. The molecule has 2 aromatic rings. The van der Waals surface area contributed by atoms with Gasteiger partial charge in [-0.1, -0.05) is 0 Å². The van der Waals surface area contributed by atoms with Crippen molar-refractivity contribution in [1.29, 1.82) is 0 Å². The summed E-state index contributed by atoms with van der Waals surface area (Å²) in [6.07, 6.45) is -2.82. The van der Waals surface area contributed by atoms with Gasteiger partial charge in [-0.05, 0) is 64.0 Å². The molecule has 0 aromatic carbocycles. The summed E-state index contributed by atoms with van der Waals surface area (Å²) in [4.78, 5) is 30.8. The van der Waals surface area contributed by atoms with Gasteiger partial charge < -0.3 is 25.0 Å². The number of halogens is 5. The van der Waals surface area contributed by atoms with Crippen LogP contribution < -0.4 is 10.6 Å². The van der Waals surface area contributed by atoms with Crippen molar-refractivity contribution in [2.45, 2.75) is 76.4 Å². The molecule has 2 fully saturated rings. The molecule has 1 saturated carbocycles. The molecule has 2 aliphatic rings. The highest BCUT2D eigenvalue weighted by Crippen LogP contribution is 2.38. The number of carbonyl (C=O) groups is 2. The Kier molecular flexibility index (Phi) is 8.76. The minimum atomic E-state index is -4.61. The number of imidazole rings is 1. The third kappa shape index (κ3) is 7.24. The molecule has 0 bridgehead atoms. The van der Waals surface area contributed by atoms with Crippen molar-refractivity contribution in [3.8, 4) is 0 Å². The summed E-state index contributed by atoms with van der Waals surface area (Å²) in [5.41, 5.74) is 0.455. The summed E-state index contributed by atoms with van der Waals surface area (Å²) in [6.45, 7) is 4.46. The van der Waals surface area contributed by atoms with E-state index in [1.54, 1.807) is 33.0 Å². The molecular weight excluding hydrogens is 555 g/mol. The van der Waals surface area contributed by atoms with E-state index >= 15 is 0 Å². The highest BCUT2D eigenvalue weighted by Gasteiger charge is 2.48. The van der Waals surface area contributed by atoms with Crippen LogP contribution in [0.25, 0.3) is 5.65 Å². The topological polar surface area (TPSA) is 110 Å². The van der Waals surface area contributed by atoms with Gasteiger partial charge in [0.05, 0.1) is 43.3 Å². The van der Waals surface area contributed by atoms with Crippen molar-refractivity contribution in [3.05, 3.63) is 41.4 Å². The summed E-state index contributed by atoms with van der Waals surface area (Å²) < 4.78 is 78.2. The molecule has 1 aliphatic heterocycles. The first kappa shape index (κ1) is 30.5. The fourth-order valence-electron chi connectivity index (χ4n) is 5.16. The Hall–Kier alpha value is -3.49. The number of allylic oxidation sites excluding steroid dienone is 1. The van der Waals surface area contributed by atoms with E-state index in [1.165, 1.54) is 17.8 Å². The monoisotopic (exact) mass is 588 g/mol. The average molecular weight is 589 g/mol. The number of alkyl carbamates (subject to hydrolysis) is 1. The fraction of sp³-hybridized carbons (Fsp3) is 0.615. The number of carbonyl (C=O) groups excluding carboxylic acids is 2. The largest absolute Gasteiger partial charge is 0.444 e. The molecule has 2 aromatic heterocycles. The number of alkyl halides is 3. The van der Waals surface area contributed by atoms with E-state index in [2.05, 4.69) is 15.4 Å². The zero-order chi connectivity index (χ0) is 30.1. The molecule has 10 nitrogen and oxygen atoms in total. The van der Waals surface area contributed by atoms with Crippen molar-refractivity contribution in [2.24, 2.45) is 5.92 Å². The van der Waals surface area contributed by atoms with E-state index in [9.17, 15) is 31.5 Å². The lowest BCUT2D eigenvalue weighted by atomic mass is 9.81. The Morgan fingerprint density at radius 3 is 2.46 bits per heavy atom. The van der Waals surface area contributed by atoms with Crippen LogP contribution in [0, 0.1) is 5.92 Å². The maximum atomic E-state index is 13.3. The molecule has 2 N–H and O–H groups in total. The lowest BCUT2D eigenvalue weighted by Crippen LogP contribution is -2.40. The average Bonchev–Trinajstić information content (AvgIpc) is 3.48. The van der Waals surface area contributed by atoms with Crippen LogP contribution in [0.4, 0.5) is 31.5 Å². The second-order valence-electron chi connectivity index (χ2n) is 11.2. The van der Waals surface area contributed by atoms with Gasteiger partial charge in [0.25, 0.3) is 6.08 Å². The second-order valence-corrected chi connectivity index (χ2v) is 11.2. The summed E-state index contributed by atoms with van der Waals surface area (Å²) in [6, 6.07) is -2.86. The minimum absolute atomic E-state index is 0.0880. The summed E-state index contributed by atoms with van der Waals surface area (Å²) in [5.74, 6) is -0.219. The Balaban J connectivity index is 1.63. The van der Waals surface area contributed by atoms with Gasteiger partial charge in [0, 0.05) is 12.7 Å². The zero-order valence-electron chi connectivity index (χ0n) is 23.1. The highest BCUT2D eigenvalue weighted by molar-refractivity contribution is 5.77. The summed E-state index contributed by atoms with van der Waals surface area (Å²) in [5, 5.41) is 9.13. The predicted molar refractivity (Wildman–Crippen MR) is 136 cm³/mol. The zero-order valence-corrected chi connectivity index (χ0v) is 23.1. The smallest absolute Gasteiger partial charge is 0.410 e. The Morgan fingerprint density at radius 2 is 1.90 bits per heavy atom. The number of aromatic nitrogens is 3. The summed E-state index contributed by atoms with van der Waals surface area (Å²) in [7, 11) is 1.37. The van der Waals surface area contributed by atoms with Crippen molar-refractivity contribution >= 4 is 17.8 Å². The molecule has 1 saturated heterocycles. The molecule has 3 atom stereocenters. The number of nitrogens with zero attached hydrogens (tertiary/aromatic N) is 4. The third-order valence-corrected chi connectivity index (χ3v) is 7.14.